The minimum absolute atomic E-state index is 0.0486. The van der Waals surface area contributed by atoms with Crippen LogP contribution in [0.4, 0.5) is 79.0 Å². The van der Waals surface area contributed by atoms with E-state index < -0.39 is 63.7 Å². The first kappa shape index (κ1) is 104. The first-order chi connectivity index (χ1) is 53.6. The van der Waals surface area contributed by atoms with Crippen molar-refractivity contribution in [1.29, 1.82) is 0 Å². The zero-order chi connectivity index (χ0) is 87.6. The summed E-state index contributed by atoms with van der Waals surface area (Å²) in [6, 6.07) is 0. The van der Waals surface area contributed by atoms with E-state index in [2.05, 4.69) is 130 Å². The summed E-state index contributed by atoms with van der Waals surface area (Å²) >= 11 is 0. The summed E-state index contributed by atoms with van der Waals surface area (Å²) in [5.41, 5.74) is 0. The summed E-state index contributed by atoms with van der Waals surface area (Å²) in [5, 5.41) is 34.6. The van der Waals surface area contributed by atoms with Crippen LogP contribution in [0.1, 0.15) is 269 Å². The number of nitrogens with zero attached hydrogens (tertiary/aromatic N) is 27. The van der Waals surface area contributed by atoms with Gasteiger partial charge in [0.05, 0.1) is 52.3 Å². The highest BCUT2D eigenvalue weighted by Crippen LogP contribution is 2.25. The van der Waals surface area contributed by atoms with Crippen LogP contribution in [0.5, 0.6) is 0 Å². The maximum absolute atomic E-state index is 12.0. The third kappa shape index (κ3) is 44.0. The lowest BCUT2D eigenvalue weighted by atomic mass is 10.2. The number of aryl methyl sites for hydroxylation is 6. The molecular formula is C69H111F18N27O. The molecule has 0 saturated heterocycles. The summed E-state index contributed by atoms with van der Waals surface area (Å²) in [7, 11) is 0. The predicted molar refractivity (Wildman–Crippen MR) is 390 cm³/mol. The van der Waals surface area contributed by atoms with Crippen LogP contribution in [0.2, 0.25) is 0 Å². The lowest BCUT2D eigenvalue weighted by Crippen LogP contribution is -2.21. The van der Waals surface area contributed by atoms with Gasteiger partial charge < -0.3 is 0 Å². The molecule has 0 atom stereocenters. The van der Waals surface area contributed by atoms with Crippen molar-refractivity contribution >= 4 is 0 Å². The van der Waals surface area contributed by atoms with Gasteiger partial charge in [-0.3, -0.25) is 13.8 Å². The van der Waals surface area contributed by atoms with Crippen LogP contribution in [0.15, 0.2) is 56.9 Å². The van der Waals surface area contributed by atoms with Crippen LogP contribution in [0.25, 0.3) is 0 Å². The monoisotopic (exact) mass is 1680 g/mol. The molecule has 115 heavy (non-hydrogen) atoms. The first-order valence-electron chi connectivity index (χ1n) is 37.1. The highest BCUT2D eigenvalue weighted by molar-refractivity contribution is 4.97. The molecule has 9 rings (SSSR count). The van der Waals surface area contributed by atoms with Crippen LogP contribution < -0.4 is 0 Å². The van der Waals surface area contributed by atoms with E-state index in [0.29, 0.717) is 66.4 Å². The third-order valence-corrected chi connectivity index (χ3v) is 14.6. The summed E-state index contributed by atoms with van der Waals surface area (Å²) in [5.74, 6) is 8.22. The molecule has 0 amide bonds. The molecule has 0 aliphatic heterocycles. The minimum Gasteiger partial charge on any atom is -0.290 e. The Morgan fingerprint density at radius 1 is 0.330 bits per heavy atom. The Bertz CT molecular complexity index is 3860. The summed E-state index contributed by atoms with van der Waals surface area (Å²) in [6.07, 6.45) is -9.61. The number of alkyl halides is 18. The van der Waals surface area contributed by atoms with Crippen molar-refractivity contribution in [2.75, 3.05) is 20.0 Å². The van der Waals surface area contributed by atoms with E-state index >= 15 is 0 Å². The molecule has 0 unspecified atom stereocenters. The molecule has 0 aliphatic carbocycles. The van der Waals surface area contributed by atoms with Crippen molar-refractivity contribution in [2.24, 2.45) is 0 Å². The van der Waals surface area contributed by atoms with Crippen LogP contribution in [-0.4, -0.2) is 191 Å². The standard InChI is InChI=1S/C8H12F3N3O.2C8H12F3N3.C8H13F2N3.C8H14FN3.C8H15N3.C7H10F3N3.C7H11F2N3.C7H12FN3/c1-6(2)7-12-5-13-14(7)3-4-15-8(9,10)11;1-6(2)7-12-5-14(13-7)4-3-8(9,10)11;1-6(2)7-12-5-13-14(7)4-3-8(9,10)11;1-6(2)8-11-5-12-13(8)4-3-7(9)10;1-7(2)8-10-6-11-12(8)5-3-4-9;1-4-5-11-8(7(2)3)9-6-10-11;1-5(2)6-11-4-12-13(6)3-7(8,9)10;1-5(2)7-10-4-11-12(7)3-6(8)9;1-6(2)7-9-5-10-11(7)4-3-8/h5-6H,3-4H2,1-2H3;2*5-6H,3-4H2,1-2H3;5-7H,3-4H2,1-2H3;6-7H,3-5H2,1-2H3;6-7H,4-5H2,1-3H3;4-5H,3H2,1-2H3;4-6H,3H2,1-2H3;5-6H,3-4H2,1-2H3. The van der Waals surface area contributed by atoms with Crippen molar-refractivity contribution in [1.82, 2.24) is 133 Å². The second-order valence-electron chi connectivity index (χ2n) is 27.8. The Hall–Kier alpha value is -9.04. The summed E-state index contributed by atoms with van der Waals surface area (Å²) in [6.45, 7) is 36.4. The van der Waals surface area contributed by atoms with Gasteiger partial charge in [-0.25, -0.2) is 104 Å². The average Bonchev–Trinajstić information content (AvgIpc) is 1.69. The second kappa shape index (κ2) is 52.5. The average molecular weight is 1680 g/mol. The molecule has 28 nitrogen and oxygen atoms in total. The molecule has 9 aromatic rings. The normalized spacial score (nSPS) is 11.8. The smallest absolute Gasteiger partial charge is 0.290 e. The van der Waals surface area contributed by atoms with Gasteiger partial charge in [0.1, 0.15) is 123 Å². The van der Waals surface area contributed by atoms with Gasteiger partial charge >= 0.3 is 24.9 Å². The summed E-state index contributed by atoms with van der Waals surface area (Å²) in [4.78, 5) is 35.7. The number of aromatic nitrogens is 27. The van der Waals surface area contributed by atoms with E-state index in [1.807, 2.05) is 87.8 Å². The van der Waals surface area contributed by atoms with Gasteiger partial charge in [0.15, 0.2) is 5.82 Å². The number of hydrogen-bond donors (Lipinski definition) is 0. The maximum Gasteiger partial charge on any atom is 0.522 e. The van der Waals surface area contributed by atoms with Gasteiger partial charge in [-0.15, -0.1) is 13.2 Å². The predicted octanol–water partition coefficient (Wildman–Crippen LogP) is 17.3. The van der Waals surface area contributed by atoms with Crippen molar-refractivity contribution in [3.05, 3.63) is 109 Å². The quantitative estimate of drug-likeness (QED) is 0.0394. The fourth-order valence-corrected chi connectivity index (χ4v) is 9.48. The lowest BCUT2D eigenvalue weighted by Gasteiger charge is -2.10. The number of hydrogen-bond acceptors (Lipinski definition) is 19. The number of ether oxygens (including phenoxy) is 1. The van der Waals surface area contributed by atoms with E-state index in [4.69, 9.17) is 0 Å². The van der Waals surface area contributed by atoms with Gasteiger partial charge in [0, 0.05) is 79.3 Å². The van der Waals surface area contributed by atoms with Gasteiger partial charge in [-0.05, 0) is 12.8 Å². The van der Waals surface area contributed by atoms with E-state index in [1.165, 1.54) is 67.7 Å². The van der Waals surface area contributed by atoms with Crippen molar-refractivity contribution in [3.63, 3.8) is 0 Å². The molecule has 0 spiro atoms. The SMILES string of the molecule is CC(C)c1ncn(CCC(F)(F)F)n1.CC(C)c1ncnn1CC(F)(F)F.CC(C)c1ncnn1CC(F)F.CC(C)c1ncnn1CCC(F)(F)F.CC(C)c1ncnn1CCC(F)F.CC(C)c1ncnn1CCCF.CC(C)c1ncnn1CCF.CC(C)c1ncnn1CCOC(F)(F)F.CCCn1ncnc1C(C)C. The largest absolute Gasteiger partial charge is 0.522 e. The van der Waals surface area contributed by atoms with E-state index in [9.17, 15) is 79.0 Å². The van der Waals surface area contributed by atoms with Crippen LogP contribution >= 0.6 is 0 Å². The molecule has 0 bridgehead atoms. The molecule has 0 N–H and O–H groups in total. The van der Waals surface area contributed by atoms with Crippen molar-refractivity contribution in [2.45, 2.75) is 314 Å². The zero-order valence-corrected chi connectivity index (χ0v) is 68.4. The van der Waals surface area contributed by atoms with E-state index in [0.717, 1.165) is 47.3 Å². The van der Waals surface area contributed by atoms with Crippen molar-refractivity contribution < 1.29 is 83.8 Å². The Balaban J connectivity index is 0.000000648. The molecule has 0 fully saturated rings. The highest BCUT2D eigenvalue weighted by Gasteiger charge is 2.32. The number of halogens is 18. The Labute approximate surface area is 657 Å². The summed E-state index contributed by atoms with van der Waals surface area (Å²) < 4.78 is 230. The maximum atomic E-state index is 12.0. The zero-order valence-electron chi connectivity index (χ0n) is 68.4. The first-order valence-corrected chi connectivity index (χ1v) is 37.1. The van der Waals surface area contributed by atoms with Crippen LogP contribution in [0, 0.1) is 0 Å². The molecule has 46 heteroatoms. The molecule has 0 aliphatic rings. The van der Waals surface area contributed by atoms with Crippen LogP contribution in [0.3, 0.4) is 0 Å². The molecule has 0 radical (unpaired) electrons. The molecule has 0 aromatic carbocycles. The second-order valence-corrected chi connectivity index (χ2v) is 27.8. The van der Waals surface area contributed by atoms with Gasteiger partial charge in [0.25, 0.3) is 6.43 Å². The molecule has 0 saturated carbocycles. The number of rotatable bonds is 29. The Kier molecular flexibility index (Phi) is 47.5. The van der Waals surface area contributed by atoms with Crippen LogP contribution in [-0.2, 0) is 63.6 Å². The van der Waals surface area contributed by atoms with Gasteiger partial charge in [0.2, 0.25) is 6.43 Å². The van der Waals surface area contributed by atoms with Crippen molar-refractivity contribution in [3.8, 4) is 0 Å². The molecular weight excluding hydrogens is 1560 g/mol. The Morgan fingerprint density at radius 2 is 0.643 bits per heavy atom. The topological polar surface area (TPSA) is 286 Å². The third-order valence-electron chi connectivity index (χ3n) is 14.6. The fraction of sp³-hybridized carbons (Fsp3) is 0.739. The fourth-order valence-electron chi connectivity index (χ4n) is 9.48. The molecule has 9 heterocycles. The highest BCUT2D eigenvalue weighted by atomic mass is 19.4. The van der Waals surface area contributed by atoms with Gasteiger partial charge in [-0.1, -0.05) is 132 Å². The van der Waals surface area contributed by atoms with E-state index in [-0.39, 0.29) is 88.0 Å². The minimum atomic E-state index is -4.58. The van der Waals surface area contributed by atoms with Gasteiger partial charge in [-0.2, -0.15) is 85.4 Å². The molecule has 654 valence electrons. The lowest BCUT2D eigenvalue weighted by molar-refractivity contribution is -0.325. The molecule has 9 aromatic heterocycles. The Morgan fingerprint density at radius 3 is 0.948 bits per heavy atom. The van der Waals surface area contributed by atoms with E-state index in [1.54, 1.807) is 29.5 Å².